The van der Waals surface area contributed by atoms with E-state index in [9.17, 15) is 4.79 Å². The van der Waals surface area contributed by atoms with Crippen LogP contribution in [-0.4, -0.2) is 15.1 Å². The summed E-state index contributed by atoms with van der Waals surface area (Å²) < 4.78 is 1.50. The Hall–Kier alpha value is -1.16. The van der Waals surface area contributed by atoms with Crippen molar-refractivity contribution in [1.29, 1.82) is 0 Å². The van der Waals surface area contributed by atoms with Crippen LogP contribution in [0.15, 0.2) is 23.3 Å². The molecule has 0 saturated heterocycles. The number of aromatic nitrogens is 2. The third-order valence-electron chi connectivity index (χ3n) is 1.36. The number of rotatable bonds is 2. The van der Waals surface area contributed by atoms with Crippen LogP contribution in [0.25, 0.3) is 0 Å². The molecule has 2 N–H and O–H groups in total. The van der Waals surface area contributed by atoms with Crippen LogP contribution in [0.1, 0.15) is 13.8 Å². The summed E-state index contributed by atoms with van der Waals surface area (Å²) in [6, 6.07) is 1.72. The van der Waals surface area contributed by atoms with Gasteiger partial charge >= 0.3 is 5.69 Å². The largest absolute Gasteiger partial charge is 0.347 e. The van der Waals surface area contributed by atoms with E-state index in [0.717, 1.165) is 0 Å². The van der Waals surface area contributed by atoms with Gasteiger partial charge in [0, 0.05) is 24.5 Å². The van der Waals surface area contributed by atoms with E-state index in [-0.39, 0.29) is 11.2 Å². The number of nitrogens with zero attached hydrogens (tertiary/aromatic N) is 2. The molecule has 0 spiro atoms. The minimum absolute atomic E-state index is 0.254. The highest BCUT2D eigenvalue weighted by molar-refractivity contribution is 4.84. The normalized spacial score (nSPS) is 11.6. The minimum Gasteiger partial charge on any atom is -0.324 e. The van der Waals surface area contributed by atoms with Gasteiger partial charge in [0.25, 0.3) is 0 Å². The fourth-order valence-corrected chi connectivity index (χ4v) is 0.946. The molecule has 12 heavy (non-hydrogen) atoms. The zero-order valence-corrected chi connectivity index (χ0v) is 7.32. The summed E-state index contributed by atoms with van der Waals surface area (Å²) in [6.45, 7) is 4.22. The molecule has 1 rings (SSSR count). The van der Waals surface area contributed by atoms with Crippen molar-refractivity contribution in [2.75, 3.05) is 0 Å². The van der Waals surface area contributed by atoms with Gasteiger partial charge in [0.15, 0.2) is 0 Å². The fourth-order valence-electron chi connectivity index (χ4n) is 0.946. The third kappa shape index (κ3) is 2.47. The SMILES string of the molecule is CC(C)(N)Cn1cccnc1=O. The van der Waals surface area contributed by atoms with Crippen LogP contribution in [0.5, 0.6) is 0 Å². The van der Waals surface area contributed by atoms with E-state index in [0.29, 0.717) is 6.54 Å². The van der Waals surface area contributed by atoms with Gasteiger partial charge in [-0.15, -0.1) is 0 Å². The second-order valence-electron chi connectivity index (χ2n) is 3.52. The van der Waals surface area contributed by atoms with Gasteiger partial charge in [0.05, 0.1) is 0 Å². The summed E-state index contributed by atoms with van der Waals surface area (Å²) in [5, 5.41) is 0. The molecule has 4 nitrogen and oxygen atoms in total. The summed E-state index contributed by atoms with van der Waals surface area (Å²) in [5.41, 5.74) is 5.11. The van der Waals surface area contributed by atoms with Crippen LogP contribution in [0.3, 0.4) is 0 Å². The van der Waals surface area contributed by atoms with Gasteiger partial charge in [-0.2, -0.15) is 0 Å². The van der Waals surface area contributed by atoms with Crippen molar-refractivity contribution < 1.29 is 0 Å². The second-order valence-corrected chi connectivity index (χ2v) is 3.52. The molecule has 0 bridgehead atoms. The Kier molecular flexibility index (Phi) is 2.28. The van der Waals surface area contributed by atoms with Crippen molar-refractivity contribution in [3.8, 4) is 0 Å². The Morgan fingerprint density at radius 1 is 1.67 bits per heavy atom. The molecule has 0 amide bonds. The van der Waals surface area contributed by atoms with Gasteiger partial charge in [-0.25, -0.2) is 9.78 Å². The van der Waals surface area contributed by atoms with Gasteiger partial charge in [-0.05, 0) is 19.9 Å². The highest BCUT2D eigenvalue weighted by Crippen LogP contribution is 1.98. The van der Waals surface area contributed by atoms with Crippen molar-refractivity contribution >= 4 is 0 Å². The van der Waals surface area contributed by atoms with E-state index in [1.807, 2.05) is 13.8 Å². The van der Waals surface area contributed by atoms with Crippen molar-refractivity contribution in [2.45, 2.75) is 25.9 Å². The standard InChI is InChI=1S/C8H13N3O/c1-8(2,9)6-11-5-3-4-10-7(11)12/h3-5H,6,9H2,1-2H3. The molecule has 0 aliphatic heterocycles. The minimum atomic E-state index is -0.382. The van der Waals surface area contributed by atoms with E-state index in [1.165, 1.54) is 10.8 Å². The summed E-state index contributed by atoms with van der Waals surface area (Å²) in [7, 11) is 0. The van der Waals surface area contributed by atoms with Gasteiger partial charge in [0.2, 0.25) is 0 Å². The highest BCUT2D eigenvalue weighted by Gasteiger charge is 2.11. The molecule has 0 aliphatic rings. The molecule has 0 aromatic carbocycles. The number of hydrogen-bond donors (Lipinski definition) is 1. The van der Waals surface area contributed by atoms with E-state index in [4.69, 9.17) is 5.73 Å². The van der Waals surface area contributed by atoms with Crippen LogP contribution in [0.2, 0.25) is 0 Å². The van der Waals surface area contributed by atoms with Crippen LogP contribution < -0.4 is 11.4 Å². The van der Waals surface area contributed by atoms with Gasteiger partial charge in [0.1, 0.15) is 0 Å². The summed E-state index contributed by atoms with van der Waals surface area (Å²) in [6.07, 6.45) is 3.16. The first kappa shape index (κ1) is 8.93. The lowest BCUT2D eigenvalue weighted by Gasteiger charge is -2.18. The molecule has 66 valence electrons. The smallest absolute Gasteiger partial charge is 0.324 e. The van der Waals surface area contributed by atoms with Crippen LogP contribution in [0, 0.1) is 0 Å². The van der Waals surface area contributed by atoms with Crippen LogP contribution in [-0.2, 0) is 6.54 Å². The summed E-state index contributed by atoms with van der Waals surface area (Å²) in [5.74, 6) is 0. The van der Waals surface area contributed by atoms with Gasteiger partial charge in [-0.3, -0.25) is 4.57 Å². The summed E-state index contributed by atoms with van der Waals surface area (Å²) in [4.78, 5) is 14.7. The Labute approximate surface area is 71.0 Å². The molecular weight excluding hydrogens is 154 g/mol. The van der Waals surface area contributed by atoms with E-state index < -0.39 is 0 Å². The Balaban J connectivity index is 2.91. The lowest BCUT2D eigenvalue weighted by Crippen LogP contribution is -2.40. The predicted octanol–water partition coefficient (Wildman–Crippen LogP) is -0.0194. The zero-order chi connectivity index (χ0) is 9.19. The van der Waals surface area contributed by atoms with Gasteiger partial charge < -0.3 is 5.73 Å². The van der Waals surface area contributed by atoms with Crippen molar-refractivity contribution in [1.82, 2.24) is 9.55 Å². The maximum atomic E-state index is 11.1. The molecule has 1 aromatic rings. The molecule has 0 unspecified atom stereocenters. The molecule has 0 saturated carbocycles. The third-order valence-corrected chi connectivity index (χ3v) is 1.36. The van der Waals surface area contributed by atoms with E-state index in [1.54, 1.807) is 12.3 Å². The lowest BCUT2D eigenvalue weighted by molar-refractivity contribution is 0.422. The van der Waals surface area contributed by atoms with E-state index >= 15 is 0 Å². The second kappa shape index (κ2) is 3.06. The maximum absolute atomic E-state index is 11.1. The fraction of sp³-hybridized carbons (Fsp3) is 0.500. The molecule has 4 heteroatoms. The monoisotopic (exact) mass is 167 g/mol. The first-order chi connectivity index (χ1) is 5.49. The quantitative estimate of drug-likeness (QED) is 0.673. The van der Waals surface area contributed by atoms with Crippen LogP contribution in [0.4, 0.5) is 0 Å². The average molecular weight is 167 g/mol. The van der Waals surface area contributed by atoms with Crippen molar-refractivity contribution in [3.05, 3.63) is 28.9 Å². The first-order valence-corrected chi connectivity index (χ1v) is 3.79. The topological polar surface area (TPSA) is 60.9 Å². The van der Waals surface area contributed by atoms with Gasteiger partial charge in [-0.1, -0.05) is 0 Å². The molecule has 0 fully saturated rings. The Morgan fingerprint density at radius 3 is 2.83 bits per heavy atom. The molecule has 0 radical (unpaired) electrons. The molecule has 0 aliphatic carbocycles. The van der Waals surface area contributed by atoms with Crippen LogP contribution >= 0.6 is 0 Å². The van der Waals surface area contributed by atoms with Crippen molar-refractivity contribution in [3.63, 3.8) is 0 Å². The first-order valence-electron chi connectivity index (χ1n) is 3.79. The van der Waals surface area contributed by atoms with E-state index in [2.05, 4.69) is 4.98 Å². The Bertz CT molecular complexity index is 311. The average Bonchev–Trinajstić information content (AvgIpc) is 1.91. The number of hydrogen-bond acceptors (Lipinski definition) is 3. The predicted molar refractivity (Wildman–Crippen MR) is 46.8 cm³/mol. The Morgan fingerprint density at radius 2 is 2.33 bits per heavy atom. The highest BCUT2D eigenvalue weighted by atomic mass is 16.1. The molecular formula is C8H13N3O. The van der Waals surface area contributed by atoms with Crippen molar-refractivity contribution in [2.24, 2.45) is 5.73 Å². The molecule has 1 aromatic heterocycles. The molecule has 0 atom stereocenters. The molecule has 1 heterocycles. The number of nitrogens with two attached hydrogens (primary N) is 1. The maximum Gasteiger partial charge on any atom is 0.347 e. The zero-order valence-electron chi connectivity index (χ0n) is 7.32. The lowest BCUT2D eigenvalue weighted by atomic mass is 10.1. The summed E-state index contributed by atoms with van der Waals surface area (Å²) >= 11 is 0.